The van der Waals surface area contributed by atoms with Gasteiger partial charge in [0.1, 0.15) is 24.0 Å². The Morgan fingerprint density at radius 2 is 1.97 bits per heavy atom. The van der Waals surface area contributed by atoms with E-state index in [1.54, 1.807) is 49.4 Å². The molecule has 0 spiro atoms. The van der Waals surface area contributed by atoms with E-state index < -0.39 is 23.6 Å². The van der Waals surface area contributed by atoms with Crippen molar-refractivity contribution >= 4 is 11.9 Å². The van der Waals surface area contributed by atoms with Crippen molar-refractivity contribution in [3.05, 3.63) is 53.6 Å². The summed E-state index contributed by atoms with van der Waals surface area (Å²) in [5.41, 5.74) is 0.133. The molecule has 0 saturated carbocycles. The molecule has 2 N–H and O–H groups in total. The highest BCUT2D eigenvalue weighted by Gasteiger charge is 2.49. The second kappa shape index (κ2) is 8.16. The number of amides is 3. The van der Waals surface area contributed by atoms with Gasteiger partial charge in [-0.3, -0.25) is 9.69 Å². The average molecular weight is 423 g/mol. The molecule has 9 nitrogen and oxygen atoms in total. The number of fused-ring (bicyclic) bond motifs is 1. The van der Waals surface area contributed by atoms with Crippen LogP contribution in [0.1, 0.15) is 18.1 Å². The number of nitriles is 1. The van der Waals surface area contributed by atoms with E-state index in [4.69, 9.17) is 19.5 Å². The third-order valence-electron chi connectivity index (χ3n) is 5.27. The minimum absolute atomic E-state index is 0.102. The van der Waals surface area contributed by atoms with Gasteiger partial charge in [0.25, 0.3) is 5.91 Å². The van der Waals surface area contributed by atoms with Gasteiger partial charge >= 0.3 is 6.03 Å². The lowest BCUT2D eigenvalue weighted by atomic mass is 9.91. The molecule has 1 fully saturated rings. The lowest BCUT2D eigenvalue weighted by Crippen LogP contribution is -2.42. The molecule has 4 rings (SSSR count). The van der Waals surface area contributed by atoms with Crippen LogP contribution in [0.3, 0.4) is 0 Å². The van der Waals surface area contributed by atoms with Crippen molar-refractivity contribution in [3.63, 3.8) is 0 Å². The fourth-order valence-electron chi connectivity index (χ4n) is 3.52. The number of aliphatic hydroxyl groups is 1. The topological polar surface area (TPSA) is 121 Å². The van der Waals surface area contributed by atoms with Gasteiger partial charge in [0, 0.05) is 0 Å². The van der Waals surface area contributed by atoms with Crippen molar-refractivity contribution in [2.45, 2.75) is 25.0 Å². The van der Waals surface area contributed by atoms with Crippen molar-refractivity contribution in [1.82, 2.24) is 10.2 Å². The van der Waals surface area contributed by atoms with Gasteiger partial charge in [-0.15, -0.1) is 0 Å². The SMILES string of the molecule is C[C@@]1(c2ccc3c(c2)OCO3)NC(=O)N(C[C@H](O)COc2ccc(CC#N)cc2)C1=O. The normalized spacial score (nSPS) is 20.4. The molecule has 31 heavy (non-hydrogen) atoms. The number of aliphatic hydroxyl groups excluding tert-OH is 1. The first kappa shape index (κ1) is 20.5. The molecule has 3 amide bonds. The minimum atomic E-state index is -1.28. The summed E-state index contributed by atoms with van der Waals surface area (Å²) in [5, 5.41) is 21.7. The van der Waals surface area contributed by atoms with E-state index in [0.29, 0.717) is 29.2 Å². The number of carbonyl (C=O) groups is 2. The molecular formula is C22H21N3O6. The Bertz CT molecular complexity index is 1050. The van der Waals surface area contributed by atoms with E-state index in [1.165, 1.54) is 0 Å². The highest BCUT2D eigenvalue weighted by molar-refractivity contribution is 6.07. The third-order valence-corrected chi connectivity index (χ3v) is 5.27. The predicted molar refractivity (Wildman–Crippen MR) is 107 cm³/mol. The number of hydrogen-bond acceptors (Lipinski definition) is 7. The number of nitrogens with zero attached hydrogens (tertiary/aromatic N) is 2. The summed E-state index contributed by atoms with van der Waals surface area (Å²) in [6.07, 6.45) is -0.774. The first-order valence-electron chi connectivity index (χ1n) is 9.71. The molecule has 0 bridgehead atoms. The zero-order valence-corrected chi connectivity index (χ0v) is 16.8. The number of rotatable bonds is 7. The van der Waals surface area contributed by atoms with Crippen LogP contribution < -0.4 is 19.5 Å². The number of hydrogen-bond donors (Lipinski definition) is 2. The van der Waals surface area contributed by atoms with Crippen molar-refractivity contribution in [1.29, 1.82) is 5.26 Å². The summed E-state index contributed by atoms with van der Waals surface area (Å²) < 4.78 is 16.2. The maximum atomic E-state index is 13.0. The zero-order valence-electron chi connectivity index (χ0n) is 16.8. The van der Waals surface area contributed by atoms with Crippen LogP contribution in [-0.2, 0) is 16.8 Å². The van der Waals surface area contributed by atoms with Gasteiger partial charge < -0.3 is 24.6 Å². The summed E-state index contributed by atoms with van der Waals surface area (Å²) in [5.74, 6) is 1.13. The van der Waals surface area contributed by atoms with E-state index in [0.717, 1.165) is 10.5 Å². The zero-order chi connectivity index (χ0) is 22.0. The molecular weight excluding hydrogens is 402 g/mol. The van der Waals surface area contributed by atoms with Crippen molar-refractivity contribution in [2.24, 2.45) is 0 Å². The first-order chi connectivity index (χ1) is 14.9. The number of benzene rings is 2. The number of ether oxygens (including phenoxy) is 3. The van der Waals surface area contributed by atoms with Crippen molar-refractivity contribution in [2.75, 3.05) is 19.9 Å². The quantitative estimate of drug-likeness (QED) is 0.650. The summed E-state index contributed by atoms with van der Waals surface area (Å²) in [4.78, 5) is 26.5. The number of urea groups is 1. The van der Waals surface area contributed by atoms with Gasteiger partial charge in [-0.1, -0.05) is 18.2 Å². The average Bonchev–Trinajstić information content (AvgIpc) is 3.32. The molecule has 1 saturated heterocycles. The number of imide groups is 1. The van der Waals surface area contributed by atoms with Crippen LogP contribution in [0.15, 0.2) is 42.5 Å². The van der Waals surface area contributed by atoms with Gasteiger partial charge in [0.15, 0.2) is 11.5 Å². The largest absolute Gasteiger partial charge is 0.491 e. The lowest BCUT2D eigenvalue weighted by molar-refractivity contribution is -0.132. The van der Waals surface area contributed by atoms with Crippen LogP contribution in [0.5, 0.6) is 17.2 Å². The van der Waals surface area contributed by atoms with Gasteiger partial charge in [0.2, 0.25) is 6.79 Å². The fraction of sp³-hybridized carbons (Fsp3) is 0.318. The van der Waals surface area contributed by atoms with E-state index in [9.17, 15) is 14.7 Å². The van der Waals surface area contributed by atoms with Crippen LogP contribution in [0, 0.1) is 11.3 Å². The molecule has 2 aromatic carbocycles. The molecule has 9 heteroatoms. The van der Waals surface area contributed by atoms with E-state index in [-0.39, 0.29) is 19.9 Å². The van der Waals surface area contributed by atoms with E-state index >= 15 is 0 Å². The Labute approximate surface area is 178 Å². The summed E-state index contributed by atoms with van der Waals surface area (Å²) in [7, 11) is 0. The summed E-state index contributed by atoms with van der Waals surface area (Å²) in [6.45, 7) is 1.40. The smallest absolute Gasteiger partial charge is 0.325 e. The number of nitrogens with one attached hydrogen (secondary N) is 1. The second-order valence-electron chi connectivity index (χ2n) is 7.48. The second-order valence-corrected chi connectivity index (χ2v) is 7.48. The molecule has 0 unspecified atom stereocenters. The highest BCUT2D eigenvalue weighted by atomic mass is 16.7. The molecule has 2 atom stereocenters. The molecule has 2 aliphatic rings. The first-order valence-corrected chi connectivity index (χ1v) is 9.71. The summed E-state index contributed by atoms with van der Waals surface area (Å²) >= 11 is 0. The van der Waals surface area contributed by atoms with Crippen LogP contribution in [0.2, 0.25) is 0 Å². The fourth-order valence-corrected chi connectivity index (χ4v) is 3.52. The Kier molecular flexibility index (Phi) is 5.40. The molecule has 0 aromatic heterocycles. The molecule has 160 valence electrons. The van der Waals surface area contributed by atoms with Crippen LogP contribution >= 0.6 is 0 Å². The Morgan fingerprint density at radius 1 is 1.23 bits per heavy atom. The van der Waals surface area contributed by atoms with Crippen molar-refractivity contribution < 1.29 is 28.9 Å². The molecule has 2 aromatic rings. The van der Waals surface area contributed by atoms with E-state index in [1.807, 2.05) is 0 Å². The van der Waals surface area contributed by atoms with Gasteiger partial charge in [-0.2, -0.15) is 5.26 Å². The van der Waals surface area contributed by atoms with Gasteiger partial charge in [-0.25, -0.2) is 4.79 Å². The number of carbonyl (C=O) groups excluding carboxylic acids is 2. The standard InChI is InChI=1S/C22H21N3O6/c1-22(15-4-7-18-19(10-15)31-13-30-18)20(27)25(21(28)24-22)11-16(26)12-29-17-5-2-14(3-6-17)8-9-23/h2-7,10,16,26H,8,11-13H2,1H3,(H,24,28)/t16-,22-/m0/s1. The molecule has 2 aliphatic heterocycles. The van der Waals surface area contributed by atoms with Crippen molar-refractivity contribution in [3.8, 4) is 23.3 Å². The molecule has 2 heterocycles. The monoisotopic (exact) mass is 423 g/mol. The van der Waals surface area contributed by atoms with Gasteiger partial charge in [0.05, 0.1) is 19.0 Å². The molecule has 0 aliphatic carbocycles. The maximum absolute atomic E-state index is 13.0. The lowest BCUT2D eigenvalue weighted by Gasteiger charge is -2.23. The maximum Gasteiger partial charge on any atom is 0.325 e. The Balaban J connectivity index is 1.39. The highest BCUT2D eigenvalue weighted by Crippen LogP contribution is 2.37. The van der Waals surface area contributed by atoms with Crippen LogP contribution in [0.25, 0.3) is 0 Å². The van der Waals surface area contributed by atoms with Crippen LogP contribution in [-0.4, -0.2) is 48.0 Å². The minimum Gasteiger partial charge on any atom is -0.491 e. The number of β-amino-alcohol motifs (C(OH)–C–C–N with tert-alkyl or cyclic N) is 1. The molecule has 0 radical (unpaired) electrons. The third kappa shape index (κ3) is 3.98. The predicted octanol–water partition coefficient (Wildman–Crippen LogP) is 1.69. The van der Waals surface area contributed by atoms with Crippen LogP contribution in [0.4, 0.5) is 4.79 Å². The van der Waals surface area contributed by atoms with E-state index in [2.05, 4.69) is 11.4 Å². The van der Waals surface area contributed by atoms with Gasteiger partial charge in [-0.05, 0) is 42.3 Å². The Hall–Kier alpha value is -3.77. The Morgan fingerprint density at radius 3 is 2.71 bits per heavy atom. The summed E-state index contributed by atoms with van der Waals surface area (Å²) in [6, 6.07) is 13.4.